The molecule has 0 atom stereocenters. The zero-order valence-corrected chi connectivity index (χ0v) is 27.7. The summed E-state index contributed by atoms with van der Waals surface area (Å²) < 4.78 is 18.5. The Morgan fingerprint density at radius 2 is 0.762 bits per heavy atom. The van der Waals surface area contributed by atoms with Gasteiger partial charge in [0.25, 0.3) is 5.69 Å². The number of nitrogens with zero attached hydrogens (tertiary/aromatic N) is 1. The van der Waals surface area contributed by atoms with E-state index < -0.39 is 0 Å². The van der Waals surface area contributed by atoms with Crippen molar-refractivity contribution in [3.8, 4) is 17.2 Å². The third-order valence-electron chi connectivity index (χ3n) is 7.97. The van der Waals surface area contributed by atoms with Crippen molar-refractivity contribution in [1.29, 1.82) is 0 Å². The van der Waals surface area contributed by atoms with Crippen LogP contribution in [0.5, 0.6) is 17.2 Å². The van der Waals surface area contributed by atoms with Gasteiger partial charge >= 0.3 is 0 Å². The van der Waals surface area contributed by atoms with Gasteiger partial charge in [0.05, 0.1) is 36.9 Å². The molecule has 0 bridgehead atoms. The molecule has 1 rings (SSSR count). The molecule has 0 N–H and O–H groups in total. The van der Waals surface area contributed by atoms with E-state index >= 15 is 0 Å². The second-order valence-corrected chi connectivity index (χ2v) is 12.0. The van der Waals surface area contributed by atoms with E-state index in [4.69, 9.17) is 14.2 Å². The molecule has 0 amide bonds. The van der Waals surface area contributed by atoms with Crippen LogP contribution in [-0.2, 0) is 0 Å². The summed E-state index contributed by atoms with van der Waals surface area (Å²) in [6.07, 6.45) is 29.3. The number of rotatable bonds is 31. The van der Waals surface area contributed by atoms with Gasteiger partial charge < -0.3 is 14.2 Å². The Labute approximate surface area is 258 Å². The lowest BCUT2D eigenvalue weighted by molar-refractivity contribution is -0.385. The van der Waals surface area contributed by atoms with Crippen LogP contribution in [0.25, 0.3) is 0 Å². The molecule has 1 aromatic rings. The minimum atomic E-state index is -0.366. The summed E-state index contributed by atoms with van der Waals surface area (Å²) in [5, 5.41) is 11.7. The van der Waals surface area contributed by atoms with Gasteiger partial charge in [-0.3, -0.25) is 10.1 Å². The van der Waals surface area contributed by atoms with Crippen LogP contribution >= 0.6 is 0 Å². The first kappa shape index (κ1) is 38.0. The number of benzene rings is 1. The summed E-state index contributed by atoms with van der Waals surface area (Å²) in [5.41, 5.74) is -0.00808. The van der Waals surface area contributed by atoms with Gasteiger partial charge in [-0.2, -0.15) is 0 Å². The fourth-order valence-corrected chi connectivity index (χ4v) is 5.27. The molecular weight excluding hydrogens is 526 g/mol. The lowest BCUT2D eigenvalue weighted by Crippen LogP contribution is -2.07. The molecule has 6 nitrogen and oxygen atoms in total. The van der Waals surface area contributed by atoms with Crippen molar-refractivity contribution in [2.75, 3.05) is 19.8 Å². The maximum atomic E-state index is 11.7. The summed E-state index contributed by atoms with van der Waals surface area (Å²) in [5.74, 6) is 1.41. The van der Waals surface area contributed by atoms with Crippen molar-refractivity contribution < 1.29 is 19.1 Å². The Bertz CT molecular complexity index is 726. The number of nitro benzene ring substituents is 1. The summed E-state index contributed by atoms with van der Waals surface area (Å²) in [4.78, 5) is 11.4. The van der Waals surface area contributed by atoms with E-state index in [1.54, 1.807) is 0 Å². The van der Waals surface area contributed by atoms with E-state index in [1.807, 2.05) is 0 Å². The van der Waals surface area contributed by atoms with Gasteiger partial charge in [0.1, 0.15) is 0 Å². The van der Waals surface area contributed by atoms with Crippen LogP contribution in [0.2, 0.25) is 0 Å². The molecule has 0 fully saturated rings. The molecule has 0 aliphatic rings. The highest BCUT2D eigenvalue weighted by molar-refractivity contribution is 5.58. The number of nitro groups is 1. The fraction of sp³-hybridized carbons (Fsp3) is 0.833. The van der Waals surface area contributed by atoms with Gasteiger partial charge in [0.15, 0.2) is 11.5 Å². The van der Waals surface area contributed by atoms with Gasteiger partial charge in [-0.15, -0.1) is 0 Å². The first-order valence-electron chi connectivity index (χ1n) is 17.8. The molecule has 0 unspecified atom stereocenters. The molecule has 0 aliphatic carbocycles. The molecule has 0 heterocycles. The Balaban J connectivity index is 2.69. The van der Waals surface area contributed by atoms with Gasteiger partial charge in [0.2, 0.25) is 5.75 Å². The van der Waals surface area contributed by atoms with Crippen LogP contribution < -0.4 is 14.2 Å². The lowest BCUT2D eigenvalue weighted by Gasteiger charge is -2.17. The van der Waals surface area contributed by atoms with E-state index in [0.717, 1.165) is 38.5 Å². The topological polar surface area (TPSA) is 70.8 Å². The zero-order chi connectivity index (χ0) is 30.5. The minimum absolute atomic E-state index is 0.00808. The highest BCUT2D eigenvalue weighted by Gasteiger charge is 2.21. The van der Waals surface area contributed by atoms with E-state index in [9.17, 15) is 10.1 Å². The second-order valence-electron chi connectivity index (χ2n) is 12.0. The SMILES string of the molecule is CCCCCCCCCCOc1cc([N+](=O)[O-])cc(OCCCCCCCCCC)c1OCCCCCCCCCC. The molecule has 0 saturated heterocycles. The highest BCUT2D eigenvalue weighted by Crippen LogP contribution is 2.42. The van der Waals surface area contributed by atoms with Crippen molar-refractivity contribution >= 4 is 5.69 Å². The molecule has 0 saturated carbocycles. The van der Waals surface area contributed by atoms with Gasteiger partial charge in [0, 0.05) is 0 Å². The van der Waals surface area contributed by atoms with Crippen molar-refractivity contribution in [2.45, 2.75) is 175 Å². The monoisotopic (exact) mass is 591 g/mol. The number of non-ortho nitro benzene ring substituents is 1. The molecule has 0 spiro atoms. The highest BCUT2D eigenvalue weighted by atomic mass is 16.6. The number of unbranched alkanes of at least 4 members (excludes halogenated alkanes) is 21. The predicted molar refractivity (Wildman–Crippen MR) is 177 cm³/mol. The van der Waals surface area contributed by atoms with E-state index in [-0.39, 0.29) is 10.6 Å². The number of hydrogen-bond donors (Lipinski definition) is 0. The van der Waals surface area contributed by atoms with E-state index in [1.165, 1.54) is 128 Å². The quantitative estimate of drug-likeness (QED) is 0.0488. The Morgan fingerprint density at radius 3 is 1.07 bits per heavy atom. The fourth-order valence-electron chi connectivity index (χ4n) is 5.27. The largest absolute Gasteiger partial charge is 0.489 e. The van der Waals surface area contributed by atoms with Crippen LogP contribution in [0.4, 0.5) is 5.69 Å². The minimum Gasteiger partial charge on any atom is -0.489 e. The summed E-state index contributed by atoms with van der Waals surface area (Å²) >= 11 is 0. The average Bonchev–Trinajstić information content (AvgIpc) is 2.99. The van der Waals surface area contributed by atoms with Crippen LogP contribution in [0.3, 0.4) is 0 Å². The first-order chi connectivity index (χ1) is 20.6. The first-order valence-corrected chi connectivity index (χ1v) is 17.8. The smallest absolute Gasteiger partial charge is 0.277 e. The van der Waals surface area contributed by atoms with Crippen molar-refractivity contribution in [2.24, 2.45) is 0 Å². The van der Waals surface area contributed by atoms with Crippen LogP contribution in [0.15, 0.2) is 12.1 Å². The molecule has 6 heteroatoms. The van der Waals surface area contributed by atoms with Crippen molar-refractivity contribution in [3.63, 3.8) is 0 Å². The van der Waals surface area contributed by atoms with Crippen molar-refractivity contribution in [1.82, 2.24) is 0 Å². The molecule has 244 valence electrons. The molecule has 0 aliphatic heterocycles. The Kier molecular flexibility index (Phi) is 25.2. The summed E-state index contributed by atoms with van der Waals surface area (Å²) in [6, 6.07) is 3.02. The van der Waals surface area contributed by atoms with Crippen LogP contribution in [-0.4, -0.2) is 24.7 Å². The van der Waals surface area contributed by atoms with Gasteiger partial charge in [-0.25, -0.2) is 0 Å². The number of ether oxygens (including phenoxy) is 3. The Hall–Kier alpha value is -1.98. The maximum absolute atomic E-state index is 11.7. The second kappa shape index (κ2) is 27.8. The predicted octanol–water partition coefficient (Wildman–Crippen LogP) is 12.2. The number of hydrogen-bond acceptors (Lipinski definition) is 5. The van der Waals surface area contributed by atoms with Gasteiger partial charge in [-0.05, 0) is 19.3 Å². The Morgan fingerprint density at radius 1 is 0.476 bits per heavy atom. The third-order valence-corrected chi connectivity index (χ3v) is 7.97. The molecule has 42 heavy (non-hydrogen) atoms. The van der Waals surface area contributed by atoms with Crippen molar-refractivity contribution in [3.05, 3.63) is 22.2 Å². The molecule has 1 aromatic carbocycles. The normalized spacial score (nSPS) is 11.1. The van der Waals surface area contributed by atoms with Crippen LogP contribution in [0, 0.1) is 10.1 Å². The molecule has 0 aromatic heterocycles. The maximum Gasteiger partial charge on any atom is 0.277 e. The summed E-state index contributed by atoms with van der Waals surface area (Å²) in [6.45, 7) is 8.35. The van der Waals surface area contributed by atoms with Gasteiger partial charge in [-0.1, -0.05) is 156 Å². The summed E-state index contributed by atoms with van der Waals surface area (Å²) in [7, 11) is 0. The zero-order valence-electron chi connectivity index (χ0n) is 27.7. The molecular formula is C36H65NO5. The third kappa shape index (κ3) is 20.0. The standard InChI is InChI=1S/C36H65NO5/c1-4-7-10-13-16-19-22-25-28-40-34-31-33(37(38)39)32-35(41-29-26-23-20-17-14-11-8-5-2)36(34)42-30-27-24-21-18-15-12-9-6-3/h31-32H,4-30H2,1-3H3. The van der Waals surface area contributed by atoms with E-state index in [0.29, 0.717) is 37.1 Å². The van der Waals surface area contributed by atoms with Crippen LogP contribution in [0.1, 0.15) is 175 Å². The molecule has 0 radical (unpaired) electrons. The van der Waals surface area contributed by atoms with E-state index in [2.05, 4.69) is 20.8 Å². The average molecular weight is 592 g/mol. The lowest BCUT2D eigenvalue weighted by atomic mass is 10.1.